The molecule has 0 spiro atoms. The standard InChI is InChI=1S/C18H17F2NO4/c1-11-3-6-14(9-16(11)20)21-18(23)12(2)25-17(22)10-24-15-7-4-13(19)5-8-15/h3-9,12H,10H2,1-2H3,(H,21,23)/t12-/m0/s1. The molecule has 2 aromatic carbocycles. The first-order valence-electron chi connectivity index (χ1n) is 7.50. The second-order valence-corrected chi connectivity index (χ2v) is 5.33. The second-order valence-electron chi connectivity index (χ2n) is 5.33. The Hall–Kier alpha value is -2.96. The third-order valence-electron chi connectivity index (χ3n) is 3.29. The zero-order valence-corrected chi connectivity index (χ0v) is 13.7. The Balaban J connectivity index is 1.82. The van der Waals surface area contributed by atoms with Crippen LogP contribution in [0.4, 0.5) is 14.5 Å². The average Bonchev–Trinajstić information content (AvgIpc) is 2.57. The number of carbonyl (C=O) groups is 2. The van der Waals surface area contributed by atoms with Crippen LogP contribution in [0, 0.1) is 18.6 Å². The Morgan fingerprint density at radius 3 is 2.44 bits per heavy atom. The molecule has 0 bridgehead atoms. The Labute approximate surface area is 143 Å². The van der Waals surface area contributed by atoms with Gasteiger partial charge in [0, 0.05) is 5.69 Å². The van der Waals surface area contributed by atoms with Crippen molar-refractivity contribution in [2.45, 2.75) is 20.0 Å². The van der Waals surface area contributed by atoms with Crippen LogP contribution in [0.25, 0.3) is 0 Å². The summed E-state index contributed by atoms with van der Waals surface area (Å²) in [5.74, 6) is -1.94. The normalized spacial score (nSPS) is 11.5. The van der Waals surface area contributed by atoms with Crippen LogP contribution in [-0.2, 0) is 14.3 Å². The van der Waals surface area contributed by atoms with Crippen molar-refractivity contribution in [3.8, 4) is 5.75 Å². The predicted molar refractivity (Wildman–Crippen MR) is 87.2 cm³/mol. The van der Waals surface area contributed by atoms with Gasteiger partial charge in [-0.05, 0) is 55.8 Å². The van der Waals surface area contributed by atoms with Crippen LogP contribution in [0.15, 0.2) is 42.5 Å². The topological polar surface area (TPSA) is 64.6 Å². The minimum Gasteiger partial charge on any atom is -0.482 e. The highest BCUT2D eigenvalue weighted by Gasteiger charge is 2.18. The van der Waals surface area contributed by atoms with E-state index in [0.29, 0.717) is 11.3 Å². The van der Waals surface area contributed by atoms with Crippen LogP contribution in [0.2, 0.25) is 0 Å². The number of esters is 1. The van der Waals surface area contributed by atoms with Gasteiger partial charge in [0.1, 0.15) is 17.4 Å². The monoisotopic (exact) mass is 349 g/mol. The van der Waals surface area contributed by atoms with Gasteiger partial charge >= 0.3 is 5.97 Å². The number of amides is 1. The van der Waals surface area contributed by atoms with Gasteiger partial charge in [0.25, 0.3) is 5.91 Å². The lowest BCUT2D eigenvalue weighted by Gasteiger charge is -2.14. The van der Waals surface area contributed by atoms with E-state index in [2.05, 4.69) is 5.32 Å². The van der Waals surface area contributed by atoms with Gasteiger partial charge in [-0.1, -0.05) is 6.07 Å². The van der Waals surface area contributed by atoms with Crippen LogP contribution < -0.4 is 10.1 Å². The van der Waals surface area contributed by atoms with Gasteiger partial charge in [-0.2, -0.15) is 0 Å². The van der Waals surface area contributed by atoms with E-state index in [1.165, 1.54) is 43.3 Å². The van der Waals surface area contributed by atoms with E-state index in [4.69, 9.17) is 9.47 Å². The lowest BCUT2D eigenvalue weighted by molar-refractivity contribution is -0.155. The van der Waals surface area contributed by atoms with Gasteiger partial charge in [-0.25, -0.2) is 13.6 Å². The van der Waals surface area contributed by atoms with Gasteiger partial charge in [0.05, 0.1) is 0 Å². The molecule has 0 aliphatic carbocycles. The molecule has 0 unspecified atom stereocenters. The number of anilines is 1. The average molecular weight is 349 g/mol. The fourth-order valence-corrected chi connectivity index (χ4v) is 1.87. The predicted octanol–water partition coefficient (Wildman–Crippen LogP) is 3.22. The van der Waals surface area contributed by atoms with Crippen molar-refractivity contribution in [2.75, 3.05) is 11.9 Å². The first kappa shape index (κ1) is 18.4. The summed E-state index contributed by atoms with van der Waals surface area (Å²) in [5, 5.41) is 2.46. The zero-order chi connectivity index (χ0) is 18.4. The molecule has 0 aliphatic heterocycles. The molecular weight excluding hydrogens is 332 g/mol. The molecule has 0 saturated carbocycles. The first-order valence-corrected chi connectivity index (χ1v) is 7.50. The Morgan fingerprint density at radius 1 is 1.12 bits per heavy atom. The molecule has 25 heavy (non-hydrogen) atoms. The van der Waals surface area contributed by atoms with Gasteiger partial charge in [0.2, 0.25) is 0 Å². The number of nitrogens with one attached hydrogen (secondary N) is 1. The van der Waals surface area contributed by atoms with Crippen molar-refractivity contribution in [1.29, 1.82) is 0 Å². The van der Waals surface area contributed by atoms with Gasteiger partial charge < -0.3 is 14.8 Å². The Bertz CT molecular complexity index is 762. The van der Waals surface area contributed by atoms with E-state index in [1.807, 2.05) is 0 Å². The highest BCUT2D eigenvalue weighted by atomic mass is 19.1. The number of carbonyl (C=O) groups excluding carboxylic acids is 2. The van der Waals surface area contributed by atoms with Crippen molar-refractivity contribution < 1.29 is 27.8 Å². The summed E-state index contributed by atoms with van der Waals surface area (Å²) in [6, 6.07) is 9.37. The number of ether oxygens (including phenoxy) is 2. The van der Waals surface area contributed by atoms with Crippen molar-refractivity contribution in [1.82, 2.24) is 0 Å². The lowest BCUT2D eigenvalue weighted by Crippen LogP contribution is -2.31. The summed E-state index contributed by atoms with van der Waals surface area (Å²) >= 11 is 0. The minimum atomic E-state index is -1.09. The summed E-state index contributed by atoms with van der Waals surface area (Å²) in [6.07, 6.45) is -1.09. The highest BCUT2D eigenvalue weighted by Crippen LogP contribution is 2.14. The van der Waals surface area contributed by atoms with Crippen LogP contribution in [-0.4, -0.2) is 24.6 Å². The van der Waals surface area contributed by atoms with E-state index in [1.54, 1.807) is 13.0 Å². The molecule has 0 heterocycles. The van der Waals surface area contributed by atoms with E-state index in [9.17, 15) is 18.4 Å². The maximum atomic E-state index is 13.5. The first-order chi connectivity index (χ1) is 11.8. The summed E-state index contributed by atoms with van der Waals surface area (Å²) in [5.41, 5.74) is 0.717. The minimum absolute atomic E-state index is 0.263. The number of rotatable bonds is 6. The molecule has 0 fully saturated rings. The molecule has 132 valence electrons. The van der Waals surface area contributed by atoms with Crippen LogP contribution >= 0.6 is 0 Å². The number of benzene rings is 2. The van der Waals surface area contributed by atoms with Gasteiger partial charge in [-0.3, -0.25) is 4.79 Å². The number of hydrogen-bond acceptors (Lipinski definition) is 4. The molecule has 0 aromatic heterocycles. The molecule has 1 amide bonds. The number of halogens is 2. The lowest BCUT2D eigenvalue weighted by atomic mass is 10.2. The summed E-state index contributed by atoms with van der Waals surface area (Å²) in [6.45, 7) is 2.56. The van der Waals surface area contributed by atoms with Gasteiger partial charge in [-0.15, -0.1) is 0 Å². The maximum absolute atomic E-state index is 13.5. The molecule has 0 radical (unpaired) electrons. The summed E-state index contributed by atoms with van der Waals surface area (Å²) < 4.78 is 36.3. The van der Waals surface area contributed by atoms with Crippen molar-refractivity contribution in [3.63, 3.8) is 0 Å². The van der Waals surface area contributed by atoms with E-state index < -0.39 is 36.2 Å². The Kier molecular flexibility index (Phi) is 6.05. The van der Waals surface area contributed by atoms with Crippen LogP contribution in [0.3, 0.4) is 0 Å². The number of aryl methyl sites for hydroxylation is 1. The molecule has 2 rings (SSSR count). The molecule has 0 aliphatic rings. The molecule has 7 heteroatoms. The fraction of sp³-hybridized carbons (Fsp3) is 0.222. The molecule has 1 atom stereocenters. The van der Waals surface area contributed by atoms with Crippen molar-refractivity contribution in [2.24, 2.45) is 0 Å². The van der Waals surface area contributed by atoms with Crippen LogP contribution in [0.5, 0.6) is 5.75 Å². The fourth-order valence-electron chi connectivity index (χ4n) is 1.87. The maximum Gasteiger partial charge on any atom is 0.344 e. The molecule has 2 aromatic rings. The number of hydrogen-bond donors (Lipinski definition) is 1. The van der Waals surface area contributed by atoms with E-state index >= 15 is 0 Å². The summed E-state index contributed by atoms with van der Waals surface area (Å²) in [7, 11) is 0. The second kappa shape index (κ2) is 8.23. The summed E-state index contributed by atoms with van der Waals surface area (Å²) in [4.78, 5) is 23.7. The largest absolute Gasteiger partial charge is 0.482 e. The zero-order valence-electron chi connectivity index (χ0n) is 13.7. The molecule has 5 nitrogen and oxygen atoms in total. The third-order valence-corrected chi connectivity index (χ3v) is 3.29. The van der Waals surface area contributed by atoms with Crippen molar-refractivity contribution >= 4 is 17.6 Å². The molecular formula is C18H17F2NO4. The Morgan fingerprint density at radius 2 is 1.80 bits per heavy atom. The molecule has 0 saturated heterocycles. The quantitative estimate of drug-likeness (QED) is 0.814. The SMILES string of the molecule is Cc1ccc(NC(=O)[C@H](C)OC(=O)COc2ccc(F)cc2)cc1F. The third kappa shape index (κ3) is 5.56. The molecule has 1 N–H and O–H groups in total. The van der Waals surface area contributed by atoms with E-state index in [0.717, 1.165) is 0 Å². The van der Waals surface area contributed by atoms with Crippen molar-refractivity contribution in [3.05, 3.63) is 59.7 Å². The van der Waals surface area contributed by atoms with Gasteiger partial charge in [0.15, 0.2) is 12.7 Å². The van der Waals surface area contributed by atoms with Crippen LogP contribution in [0.1, 0.15) is 12.5 Å². The highest BCUT2D eigenvalue weighted by molar-refractivity contribution is 5.95. The smallest absolute Gasteiger partial charge is 0.344 e. The van der Waals surface area contributed by atoms with E-state index in [-0.39, 0.29) is 5.69 Å².